The summed E-state index contributed by atoms with van der Waals surface area (Å²) in [7, 11) is 0. The molecule has 0 spiro atoms. The van der Waals surface area contributed by atoms with Gasteiger partial charge in [0.1, 0.15) is 11.6 Å². The summed E-state index contributed by atoms with van der Waals surface area (Å²) < 4.78 is 13.3. The summed E-state index contributed by atoms with van der Waals surface area (Å²) in [6, 6.07) is 11.6. The minimum absolute atomic E-state index is 0.00221. The minimum atomic E-state index is -0.404. The van der Waals surface area contributed by atoms with E-state index in [0.29, 0.717) is 5.69 Å². The fourth-order valence-electron chi connectivity index (χ4n) is 2.11. The van der Waals surface area contributed by atoms with Crippen LogP contribution >= 0.6 is 11.8 Å². The number of fused-ring (bicyclic) bond motifs is 1. The van der Waals surface area contributed by atoms with Gasteiger partial charge in [-0.15, -0.1) is 11.8 Å². The number of aromatic nitrogens is 1. The molecule has 3 nitrogen and oxygen atoms in total. The molecule has 0 aliphatic heterocycles. The molecule has 21 heavy (non-hydrogen) atoms. The topological polar surface area (TPSA) is 45.2 Å². The fourth-order valence-corrected chi connectivity index (χ4v) is 2.55. The average molecular weight is 300 g/mol. The number of rotatable bonds is 3. The van der Waals surface area contributed by atoms with Crippen LogP contribution in [0, 0.1) is 5.82 Å². The van der Waals surface area contributed by atoms with Crippen LogP contribution in [0.4, 0.5) is 15.8 Å². The minimum Gasteiger partial charge on any atom is -0.506 e. The van der Waals surface area contributed by atoms with Crippen LogP contribution in [0.1, 0.15) is 0 Å². The lowest BCUT2D eigenvalue weighted by atomic mass is 10.1. The Morgan fingerprint density at radius 2 is 1.95 bits per heavy atom. The van der Waals surface area contributed by atoms with E-state index in [2.05, 4.69) is 10.3 Å². The Balaban J connectivity index is 2.09. The SMILES string of the molecule is CSc1ccc2nccc(Nc3cc(F)ccc3O)c2c1. The molecular formula is C16H13FN2OS. The normalized spacial score (nSPS) is 10.8. The second kappa shape index (κ2) is 5.61. The first kappa shape index (κ1) is 13.7. The highest BCUT2D eigenvalue weighted by molar-refractivity contribution is 7.98. The number of pyridine rings is 1. The summed E-state index contributed by atoms with van der Waals surface area (Å²) >= 11 is 1.64. The van der Waals surface area contributed by atoms with Crippen LogP contribution < -0.4 is 5.32 Å². The molecule has 0 atom stereocenters. The van der Waals surface area contributed by atoms with E-state index in [4.69, 9.17) is 0 Å². The molecule has 1 heterocycles. The van der Waals surface area contributed by atoms with Gasteiger partial charge in [0.2, 0.25) is 0 Å². The summed E-state index contributed by atoms with van der Waals surface area (Å²) in [4.78, 5) is 5.43. The molecule has 0 fully saturated rings. The number of nitrogens with zero attached hydrogens (tertiary/aromatic N) is 1. The maximum Gasteiger partial charge on any atom is 0.139 e. The number of benzene rings is 2. The number of hydrogen-bond donors (Lipinski definition) is 2. The fraction of sp³-hybridized carbons (Fsp3) is 0.0625. The molecule has 3 aromatic rings. The van der Waals surface area contributed by atoms with Crippen molar-refractivity contribution in [3.05, 3.63) is 54.5 Å². The lowest BCUT2D eigenvalue weighted by molar-refractivity contribution is 0.475. The van der Waals surface area contributed by atoms with E-state index in [1.807, 2.05) is 24.5 Å². The predicted octanol–water partition coefficient (Wildman–Crippen LogP) is 4.55. The maximum absolute atomic E-state index is 13.3. The van der Waals surface area contributed by atoms with Crippen LogP contribution in [0.5, 0.6) is 5.75 Å². The molecule has 3 rings (SSSR count). The first-order valence-corrected chi connectivity index (χ1v) is 7.58. The second-order valence-electron chi connectivity index (χ2n) is 4.53. The van der Waals surface area contributed by atoms with Crippen molar-refractivity contribution in [3.63, 3.8) is 0 Å². The molecule has 0 aliphatic carbocycles. The molecule has 0 unspecified atom stereocenters. The Morgan fingerprint density at radius 3 is 2.76 bits per heavy atom. The number of thioether (sulfide) groups is 1. The van der Waals surface area contributed by atoms with E-state index >= 15 is 0 Å². The standard InChI is InChI=1S/C16H13FN2OS/c1-21-11-3-4-13-12(9-11)14(6-7-18-13)19-15-8-10(17)2-5-16(15)20/h2-9,20H,1H3,(H,18,19). The molecule has 0 bridgehead atoms. The first-order valence-electron chi connectivity index (χ1n) is 6.35. The number of phenolic OH excluding ortho intramolecular Hbond substituents is 1. The van der Waals surface area contributed by atoms with Gasteiger partial charge in [-0.05, 0) is 42.7 Å². The summed E-state index contributed by atoms with van der Waals surface area (Å²) in [5.41, 5.74) is 1.95. The number of phenols is 1. The Bertz CT molecular complexity index is 807. The summed E-state index contributed by atoms with van der Waals surface area (Å²) in [6.07, 6.45) is 3.68. The van der Waals surface area contributed by atoms with E-state index in [1.165, 1.54) is 18.2 Å². The maximum atomic E-state index is 13.3. The molecule has 0 radical (unpaired) electrons. The number of halogens is 1. The molecule has 106 valence electrons. The number of nitrogens with one attached hydrogen (secondary N) is 1. The van der Waals surface area contributed by atoms with Gasteiger partial charge in [0, 0.05) is 28.2 Å². The highest BCUT2D eigenvalue weighted by Crippen LogP contribution is 2.32. The number of hydrogen-bond acceptors (Lipinski definition) is 4. The predicted molar refractivity (Wildman–Crippen MR) is 84.9 cm³/mol. The third kappa shape index (κ3) is 2.78. The molecule has 1 aromatic heterocycles. The van der Waals surface area contributed by atoms with E-state index in [0.717, 1.165) is 21.5 Å². The molecule has 0 saturated heterocycles. The molecular weight excluding hydrogens is 287 g/mol. The van der Waals surface area contributed by atoms with Crippen LogP contribution in [-0.4, -0.2) is 16.3 Å². The monoisotopic (exact) mass is 300 g/mol. The number of anilines is 2. The second-order valence-corrected chi connectivity index (χ2v) is 5.41. The van der Waals surface area contributed by atoms with Crippen LogP contribution in [0.2, 0.25) is 0 Å². The van der Waals surface area contributed by atoms with Crippen molar-refractivity contribution in [2.24, 2.45) is 0 Å². The van der Waals surface area contributed by atoms with Crippen LogP contribution in [0.3, 0.4) is 0 Å². The Hall–Kier alpha value is -2.27. The van der Waals surface area contributed by atoms with Crippen LogP contribution in [0.15, 0.2) is 53.6 Å². The zero-order valence-electron chi connectivity index (χ0n) is 11.3. The van der Waals surface area contributed by atoms with E-state index in [1.54, 1.807) is 24.0 Å². The molecule has 2 aromatic carbocycles. The molecule has 0 aliphatic rings. The van der Waals surface area contributed by atoms with Gasteiger partial charge in [0.05, 0.1) is 11.2 Å². The summed E-state index contributed by atoms with van der Waals surface area (Å²) in [6.45, 7) is 0. The lowest BCUT2D eigenvalue weighted by Gasteiger charge is -2.11. The molecule has 2 N–H and O–H groups in total. The van der Waals surface area contributed by atoms with Crippen molar-refractivity contribution < 1.29 is 9.50 Å². The quantitative estimate of drug-likeness (QED) is 0.550. The Morgan fingerprint density at radius 1 is 1.10 bits per heavy atom. The van der Waals surface area contributed by atoms with Crippen molar-refractivity contribution in [1.82, 2.24) is 4.98 Å². The Labute approximate surface area is 125 Å². The van der Waals surface area contributed by atoms with Gasteiger partial charge in [-0.2, -0.15) is 0 Å². The largest absolute Gasteiger partial charge is 0.506 e. The van der Waals surface area contributed by atoms with E-state index < -0.39 is 5.82 Å². The van der Waals surface area contributed by atoms with Gasteiger partial charge in [-0.25, -0.2) is 4.39 Å². The molecule has 5 heteroatoms. The third-order valence-corrected chi connectivity index (χ3v) is 3.90. The summed E-state index contributed by atoms with van der Waals surface area (Å²) in [5.74, 6) is -0.402. The summed E-state index contributed by atoms with van der Waals surface area (Å²) in [5, 5.41) is 13.8. The highest BCUT2D eigenvalue weighted by atomic mass is 32.2. The van der Waals surface area contributed by atoms with E-state index in [9.17, 15) is 9.50 Å². The highest BCUT2D eigenvalue weighted by Gasteiger charge is 2.07. The third-order valence-electron chi connectivity index (χ3n) is 3.18. The smallest absolute Gasteiger partial charge is 0.139 e. The van der Waals surface area contributed by atoms with Crippen molar-refractivity contribution in [2.45, 2.75) is 4.90 Å². The van der Waals surface area contributed by atoms with Crippen molar-refractivity contribution >= 4 is 34.0 Å². The Kier molecular flexibility index (Phi) is 3.66. The zero-order chi connectivity index (χ0) is 14.8. The van der Waals surface area contributed by atoms with Crippen LogP contribution in [0.25, 0.3) is 10.9 Å². The average Bonchev–Trinajstić information content (AvgIpc) is 2.51. The van der Waals surface area contributed by atoms with Gasteiger partial charge < -0.3 is 10.4 Å². The van der Waals surface area contributed by atoms with E-state index in [-0.39, 0.29) is 5.75 Å². The number of aromatic hydroxyl groups is 1. The van der Waals surface area contributed by atoms with Gasteiger partial charge in [0.15, 0.2) is 0 Å². The zero-order valence-corrected chi connectivity index (χ0v) is 12.1. The van der Waals surface area contributed by atoms with Crippen molar-refractivity contribution in [2.75, 3.05) is 11.6 Å². The van der Waals surface area contributed by atoms with Crippen molar-refractivity contribution in [3.8, 4) is 5.75 Å². The van der Waals surface area contributed by atoms with Crippen molar-refractivity contribution in [1.29, 1.82) is 0 Å². The van der Waals surface area contributed by atoms with Crippen LogP contribution in [-0.2, 0) is 0 Å². The van der Waals surface area contributed by atoms with Gasteiger partial charge >= 0.3 is 0 Å². The van der Waals surface area contributed by atoms with Gasteiger partial charge in [0.25, 0.3) is 0 Å². The molecule has 0 saturated carbocycles. The molecule has 0 amide bonds. The first-order chi connectivity index (χ1) is 10.2. The van der Waals surface area contributed by atoms with Gasteiger partial charge in [-0.3, -0.25) is 4.98 Å². The van der Waals surface area contributed by atoms with Gasteiger partial charge in [-0.1, -0.05) is 0 Å². The lowest BCUT2D eigenvalue weighted by Crippen LogP contribution is -1.94.